The third-order valence-electron chi connectivity index (χ3n) is 3.68. The van der Waals surface area contributed by atoms with Crippen LogP contribution in [0.1, 0.15) is 71.1 Å². The van der Waals surface area contributed by atoms with E-state index in [9.17, 15) is 14.7 Å². The molecule has 0 aromatic rings. The van der Waals surface area contributed by atoms with Gasteiger partial charge in [0.1, 0.15) is 6.54 Å². The van der Waals surface area contributed by atoms with Crippen molar-refractivity contribution in [1.82, 2.24) is 0 Å². The zero-order valence-corrected chi connectivity index (χ0v) is 16.7. The van der Waals surface area contributed by atoms with Crippen molar-refractivity contribution in [1.29, 1.82) is 0 Å². The van der Waals surface area contributed by atoms with Gasteiger partial charge in [-0.15, -0.1) is 12.4 Å². The van der Waals surface area contributed by atoms with Crippen LogP contribution in [0.4, 0.5) is 0 Å². The minimum absolute atomic E-state index is 0. The molecule has 0 N–H and O–H groups in total. The van der Waals surface area contributed by atoms with Crippen LogP contribution in [0, 0.1) is 0 Å². The minimum atomic E-state index is -1.18. The number of hydrogen-bond acceptors (Lipinski definition) is 4. The van der Waals surface area contributed by atoms with E-state index in [4.69, 9.17) is 4.74 Å². The summed E-state index contributed by atoms with van der Waals surface area (Å²) in [5.74, 6) is -1.47. The molecule has 6 heteroatoms. The number of ether oxygens (including phenoxy) is 1. The Morgan fingerprint density at radius 1 is 0.958 bits per heavy atom. The predicted octanol–water partition coefficient (Wildman–Crippen LogP) is 2.70. The number of nitrogens with zero attached hydrogens (tertiary/aromatic N) is 1. The summed E-state index contributed by atoms with van der Waals surface area (Å²) in [5, 5.41) is 10.8. The molecule has 0 aromatic heterocycles. The summed E-state index contributed by atoms with van der Waals surface area (Å²) >= 11 is 0. The van der Waals surface area contributed by atoms with Crippen LogP contribution >= 0.6 is 12.4 Å². The Balaban J connectivity index is 0. The van der Waals surface area contributed by atoms with Crippen LogP contribution in [-0.4, -0.2) is 50.2 Å². The van der Waals surface area contributed by atoms with Gasteiger partial charge in [0, 0.05) is 18.8 Å². The average molecular weight is 366 g/mol. The molecule has 0 rings (SSSR count). The number of rotatable bonds is 14. The maximum atomic E-state index is 11.9. The van der Waals surface area contributed by atoms with Gasteiger partial charge in [-0.2, -0.15) is 0 Å². The van der Waals surface area contributed by atoms with E-state index in [1.54, 1.807) is 0 Å². The highest BCUT2D eigenvalue weighted by atomic mass is 35.5. The Morgan fingerprint density at radius 3 is 1.92 bits per heavy atom. The number of esters is 1. The number of carbonyl (C=O) groups excluding carboxylic acids is 2. The highest BCUT2D eigenvalue weighted by molar-refractivity contribution is 5.85. The molecule has 0 fully saturated rings. The van der Waals surface area contributed by atoms with Crippen molar-refractivity contribution in [2.75, 3.05) is 27.7 Å². The van der Waals surface area contributed by atoms with E-state index in [0.717, 1.165) is 19.3 Å². The van der Waals surface area contributed by atoms with Crippen molar-refractivity contribution in [2.24, 2.45) is 0 Å². The highest BCUT2D eigenvalue weighted by Gasteiger charge is 2.22. The number of hydrogen-bond donors (Lipinski definition) is 0. The molecule has 0 aliphatic heterocycles. The SMILES string of the molecule is CCCCCCCCCCC(=O)O[C@H](CC(=O)[O-])C[N+](C)(C)C.Cl. The molecule has 5 nitrogen and oxygen atoms in total. The van der Waals surface area contributed by atoms with Gasteiger partial charge in [0.15, 0.2) is 6.10 Å². The van der Waals surface area contributed by atoms with Gasteiger partial charge in [0.2, 0.25) is 0 Å². The average Bonchev–Trinajstić information content (AvgIpc) is 2.39. The van der Waals surface area contributed by atoms with Crippen LogP contribution < -0.4 is 5.11 Å². The number of unbranched alkanes of at least 4 members (excludes halogenated alkanes) is 7. The van der Waals surface area contributed by atoms with Crippen LogP contribution in [0.15, 0.2) is 0 Å². The van der Waals surface area contributed by atoms with Gasteiger partial charge >= 0.3 is 5.97 Å². The van der Waals surface area contributed by atoms with Crippen LogP contribution in [0.5, 0.6) is 0 Å². The molecule has 0 saturated heterocycles. The highest BCUT2D eigenvalue weighted by Crippen LogP contribution is 2.11. The van der Waals surface area contributed by atoms with Crippen LogP contribution in [0.2, 0.25) is 0 Å². The molecule has 0 saturated carbocycles. The second-order valence-electron chi connectivity index (χ2n) is 7.39. The lowest BCUT2D eigenvalue weighted by Gasteiger charge is -2.29. The maximum Gasteiger partial charge on any atom is 0.306 e. The summed E-state index contributed by atoms with van der Waals surface area (Å²) in [5.41, 5.74) is 0. The molecule has 0 radical (unpaired) electrons. The second kappa shape index (κ2) is 14.5. The van der Waals surface area contributed by atoms with Gasteiger partial charge in [-0.3, -0.25) is 4.79 Å². The molecule has 0 heterocycles. The van der Waals surface area contributed by atoms with Gasteiger partial charge in [0.05, 0.1) is 21.1 Å². The van der Waals surface area contributed by atoms with Crippen molar-refractivity contribution in [2.45, 2.75) is 77.2 Å². The number of aliphatic carboxylic acids is 1. The number of likely N-dealkylation sites (N-methyl/N-ethyl adjacent to an activating group) is 1. The van der Waals surface area contributed by atoms with Gasteiger partial charge < -0.3 is 19.1 Å². The van der Waals surface area contributed by atoms with Crippen molar-refractivity contribution in [3.8, 4) is 0 Å². The van der Waals surface area contributed by atoms with Crippen LogP contribution in [0.25, 0.3) is 0 Å². The summed E-state index contributed by atoms with van der Waals surface area (Å²) < 4.78 is 5.87. The number of carboxylic acid groups (broad SMARTS) is 1. The number of carbonyl (C=O) groups is 2. The summed E-state index contributed by atoms with van der Waals surface area (Å²) in [6.45, 7) is 2.68. The Hall–Kier alpha value is -0.810. The quantitative estimate of drug-likeness (QED) is 0.269. The van der Waals surface area contributed by atoms with Crippen LogP contribution in [0.3, 0.4) is 0 Å². The fourth-order valence-corrected chi connectivity index (χ4v) is 2.59. The Bertz CT molecular complexity index is 342. The van der Waals surface area contributed by atoms with E-state index in [-0.39, 0.29) is 24.8 Å². The first-order valence-corrected chi connectivity index (χ1v) is 8.94. The molecular formula is C18H36ClNO4. The van der Waals surface area contributed by atoms with Gasteiger partial charge in [-0.1, -0.05) is 51.9 Å². The summed E-state index contributed by atoms with van der Waals surface area (Å²) in [6, 6.07) is 0. The normalized spacial score (nSPS) is 12.3. The third-order valence-corrected chi connectivity index (χ3v) is 3.68. The lowest BCUT2D eigenvalue weighted by Crippen LogP contribution is -2.45. The van der Waals surface area contributed by atoms with E-state index in [0.29, 0.717) is 17.4 Å². The standard InChI is InChI=1S/C18H35NO4.ClH/c1-5-6-7-8-9-10-11-12-13-18(22)23-16(14-17(20)21)15-19(2,3)4;/h16H,5-15H2,1-4H3;1H/t16-;/m1./s1. The minimum Gasteiger partial charge on any atom is -0.550 e. The van der Waals surface area contributed by atoms with Crippen LogP contribution in [-0.2, 0) is 14.3 Å². The van der Waals surface area contributed by atoms with Crippen molar-refractivity contribution in [3.63, 3.8) is 0 Å². The van der Waals surface area contributed by atoms with E-state index >= 15 is 0 Å². The van der Waals surface area contributed by atoms with E-state index in [1.165, 1.54) is 32.1 Å². The van der Waals surface area contributed by atoms with Gasteiger partial charge in [-0.05, 0) is 6.42 Å². The van der Waals surface area contributed by atoms with Crippen molar-refractivity contribution < 1.29 is 23.9 Å². The molecule has 0 aromatic carbocycles. The molecule has 0 aliphatic rings. The van der Waals surface area contributed by atoms with E-state index in [2.05, 4.69) is 6.92 Å². The number of halogens is 1. The monoisotopic (exact) mass is 365 g/mol. The third kappa shape index (κ3) is 17.5. The number of quaternary nitrogens is 1. The Kier molecular flexibility index (Phi) is 15.4. The zero-order chi connectivity index (χ0) is 17.7. The first-order chi connectivity index (χ1) is 10.7. The van der Waals surface area contributed by atoms with Gasteiger partial charge in [-0.25, -0.2) is 0 Å². The predicted molar refractivity (Wildman–Crippen MR) is 96.9 cm³/mol. The maximum absolute atomic E-state index is 11.9. The first-order valence-electron chi connectivity index (χ1n) is 8.94. The fraction of sp³-hybridized carbons (Fsp3) is 0.889. The smallest absolute Gasteiger partial charge is 0.306 e. The molecular weight excluding hydrogens is 330 g/mol. The largest absolute Gasteiger partial charge is 0.550 e. The molecule has 0 spiro atoms. The van der Waals surface area contributed by atoms with Crippen molar-refractivity contribution in [3.05, 3.63) is 0 Å². The zero-order valence-electron chi connectivity index (χ0n) is 15.8. The molecule has 24 heavy (non-hydrogen) atoms. The molecule has 0 aliphatic carbocycles. The number of carboxylic acids is 1. The Morgan fingerprint density at radius 2 is 1.46 bits per heavy atom. The van der Waals surface area contributed by atoms with E-state index < -0.39 is 12.1 Å². The second-order valence-corrected chi connectivity index (χ2v) is 7.39. The van der Waals surface area contributed by atoms with Gasteiger partial charge in [0.25, 0.3) is 0 Å². The molecule has 144 valence electrons. The topological polar surface area (TPSA) is 66.4 Å². The summed E-state index contributed by atoms with van der Waals surface area (Å²) in [4.78, 5) is 22.6. The summed E-state index contributed by atoms with van der Waals surface area (Å²) in [7, 11) is 5.82. The molecule has 1 atom stereocenters. The van der Waals surface area contributed by atoms with Crippen molar-refractivity contribution >= 4 is 24.3 Å². The van der Waals surface area contributed by atoms with E-state index in [1.807, 2.05) is 21.1 Å². The first kappa shape index (κ1) is 25.4. The Labute approximate surface area is 153 Å². The fourth-order valence-electron chi connectivity index (χ4n) is 2.59. The molecule has 0 amide bonds. The molecule has 0 bridgehead atoms. The lowest BCUT2D eigenvalue weighted by molar-refractivity contribution is -0.873. The molecule has 0 unspecified atom stereocenters. The lowest BCUT2D eigenvalue weighted by atomic mass is 10.1. The summed E-state index contributed by atoms with van der Waals surface area (Å²) in [6.07, 6.45) is 8.88.